The standard InChI is InChI=1S/C20H16N4O3S/c25-17(23-19-21-10-11-28-19)16(12-13-6-2-1-3-7-13)24-18(26)14-8-4-5-9-15(14)22-20(24)27/h1-11,16H,12H2,(H,22,27)(H,21,23,25). The molecule has 4 rings (SSSR count). The molecule has 4 aromatic rings. The van der Waals surface area contributed by atoms with Crippen molar-refractivity contribution in [3.05, 3.63) is 92.6 Å². The van der Waals surface area contributed by atoms with Gasteiger partial charge in [-0.15, -0.1) is 11.3 Å². The molecule has 7 nitrogen and oxygen atoms in total. The summed E-state index contributed by atoms with van der Waals surface area (Å²) in [6, 6.07) is 15.0. The lowest BCUT2D eigenvalue weighted by atomic mass is 10.0. The van der Waals surface area contributed by atoms with Gasteiger partial charge >= 0.3 is 5.69 Å². The Morgan fingerprint density at radius 1 is 1.11 bits per heavy atom. The van der Waals surface area contributed by atoms with Crippen molar-refractivity contribution in [2.75, 3.05) is 5.32 Å². The largest absolute Gasteiger partial charge is 0.329 e. The molecule has 28 heavy (non-hydrogen) atoms. The lowest BCUT2D eigenvalue weighted by Gasteiger charge is -2.18. The maximum atomic E-state index is 13.0. The number of para-hydroxylation sites is 1. The van der Waals surface area contributed by atoms with Crippen LogP contribution in [0.2, 0.25) is 0 Å². The van der Waals surface area contributed by atoms with E-state index in [4.69, 9.17) is 0 Å². The molecule has 140 valence electrons. The third kappa shape index (κ3) is 3.49. The van der Waals surface area contributed by atoms with E-state index in [0.29, 0.717) is 16.0 Å². The number of thiazole rings is 1. The zero-order valence-electron chi connectivity index (χ0n) is 14.7. The molecule has 1 amide bonds. The van der Waals surface area contributed by atoms with Gasteiger partial charge < -0.3 is 10.3 Å². The summed E-state index contributed by atoms with van der Waals surface area (Å²) in [7, 11) is 0. The van der Waals surface area contributed by atoms with Crippen LogP contribution in [0.15, 0.2) is 75.8 Å². The van der Waals surface area contributed by atoms with Gasteiger partial charge in [-0.25, -0.2) is 14.3 Å². The summed E-state index contributed by atoms with van der Waals surface area (Å²) in [4.78, 5) is 45.5. The second-order valence-corrected chi connectivity index (χ2v) is 7.08. The Kier molecular flexibility index (Phi) is 4.86. The highest BCUT2D eigenvalue weighted by Gasteiger charge is 2.26. The number of nitrogens with one attached hydrogen (secondary N) is 2. The number of carbonyl (C=O) groups is 1. The molecule has 0 saturated carbocycles. The minimum Gasteiger partial charge on any atom is -0.307 e. The average molecular weight is 392 g/mol. The lowest BCUT2D eigenvalue weighted by molar-refractivity contribution is -0.119. The zero-order valence-corrected chi connectivity index (χ0v) is 15.5. The first kappa shape index (κ1) is 17.9. The van der Waals surface area contributed by atoms with Crippen molar-refractivity contribution < 1.29 is 4.79 Å². The van der Waals surface area contributed by atoms with E-state index >= 15 is 0 Å². The lowest BCUT2D eigenvalue weighted by Crippen LogP contribution is -2.43. The molecule has 0 radical (unpaired) electrons. The fourth-order valence-electron chi connectivity index (χ4n) is 3.07. The first-order valence-electron chi connectivity index (χ1n) is 8.61. The molecule has 0 aliphatic heterocycles. The molecule has 0 bridgehead atoms. The number of nitrogens with zero attached hydrogens (tertiary/aromatic N) is 2. The predicted molar refractivity (Wildman–Crippen MR) is 109 cm³/mol. The van der Waals surface area contributed by atoms with E-state index in [1.54, 1.807) is 35.8 Å². The van der Waals surface area contributed by atoms with Crippen molar-refractivity contribution in [1.82, 2.24) is 14.5 Å². The molecule has 0 saturated heterocycles. The van der Waals surface area contributed by atoms with E-state index in [1.807, 2.05) is 30.3 Å². The van der Waals surface area contributed by atoms with Crippen molar-refractivity contribution in [3.63, 3.8) is 0 Å². The van der Waals surface area contributed by atoms with Crippen LogP contribution in [0.1, 0.15) is 11.6 Å². The van der Waals surface area contributed by atoms with Gasteiger partial charge in [-0.3, -0.25) is 9.59 Å². The molecule has 0 spiro atoms. The highest BCUT2D eigenvalue weighted by Crippen LogP contribution is 2.17. The van der Waals surface area contributed by atoms with Crippen LogP contribution in [0.3, 0.4) is 0 Å². The van der Waals surface area contributed by atoms with Crippen LogP contribution < -0.4 is 16.6 Å². The van der Waals surface area contributed by atoms with E-state index in [0.717, 1.165) is 10.1 Å². The Morgan fingerprint density at radius 3 is 2.61 bits per heavy atom. The first-order valence-corrected chi connectivity index (χ1v) is 9.49. The number of anilines is 1. The highest BCUT2D eigenvalue weighted by molar-refractivity contribution is 7.13. The normalized spacial score (nSPS) is 12.0. The van der Waals surface area contributed by atoms with Gasteiger partial charge in [0.1, 0.15) is 6.04 Å². The van der Waals surface area contributed by atoms with Crippen LogP contribution in [-0.2, 0) is 11.2 Å². The van der Waals surface area contributed by atoms with Gasteiger partial charge in [0.15, 0.2) is 5.13 Å². The number of hydrogen-bond acceptors (Lipinski definition) is 5. The molecule has 8 heteroatoms. The van der Waals surface area contributed by atoms with E-state index < -0.39 is 23.2 Å². The SMILES string of the molecule is O=C(Nc1nccs1)C(Cc1ccccc1)n1c(=O)[nH]c2ccccc2c1=O. The van der Waals surface area contributed by atoms with Gasteiger partial charge in [-0.1, -0.05) is 42.5 Å². The quantitative estimate of drug-likeness (QED) is 0.545. The molecule has 2 N–H and O–H groups in total. The molecule has 0 aliphatic carbocycles. The summed E-state index contributed by atoms with van der Waals surface area (Å²) in [6.07, 6.45) is 1.76. The average Bonchev–Trinajstić information content (AvgIpc) is 3.21. The summed E-state index contributed by atoms with van der Waals surface area (Å²) in [5, 5.41) is 5.19. The Hall–Kier alpha value is -3.52. The number of aromatic amines is 1. The second-order valence-electron chi connectivity index (χ2n) is 6.18. The molecule has 2 aromatic carbocycles. The smallest absolute Gasteiger partial charge is 0.307 e. The van der Waals surface area contributed by atoms with Crippen molar-refractivity contribution in [3.8, 4) is 0 Å². The number of hydrogen-bond donors (Lipinski definition) is 2. The molecule has 0 fully saturated rings. The second kappa shape index (κ2) is 7.61. The summed E-state index contributed by atoms with van der Waals surface area (Å²) in [5.41, 5.74) is 0.141. The number of H-pyrrole nitrogens is 1. The van der Waals surface area contributed by atoms with Gasteiger partial charge in [0.05, 0.1) is 10.9 Å². The van der Waals surface area contributed by atoms with Gasteiger partial charge in [0.2, 0.25) is 5.91 Å². The van der Waals surface area contributed by atoms with Crippen LogP contribution in [0.4, 0.5) is 5.13 Å². The number of rotatable bonds is 5. The summed E-state index contributed by atoms with van der Waals surface area (Å²) in [5.74, 6) is -0.471. The third-order valence-corrected chi connectivity index (χ3v) is 5.07. The van der Waals surface area contributed by atoms with Crippen molar-refractivity contribution in [2.45, 2.75) is 12.5 Å². The van der Waals surface area contributed by atoms with Crippen LogP contribution in [0, 0.1) is 0 Å². The molecule has 1 atom stereocenters. The van der Waals surface area contributed by atoms with Crippen molar-refractivity contribution >= 4 is 33.3 Å². The van der Waals surface area contributed by atoms with Gasteiger partial charge in [-0.2, -0.15) is 0 Å². The molecular formula is C20H16N4O3S. The number of fused-ring (bicyclic) bond motifs is 1. The molecule has 2 aromatic heterocycles. The Bertz CT molecular complexity index is 1230. The zero-order chi connectivity index (χ0) is 19.5. The predicted octanol–water partition coefficient (Wildman–Crippen LogP) is 2.57. The molecule has 0 aliphatic rings. The Labute approximate surface area is 163 Å². The Balaban J connectivity index is 1.83. The minimum atomic E-state index is -1.02. The number of benzene rings is 2. The number of amides is 1. The first-order chi connectivity index (χ1) is 13.6. The fourth-order valence-corrected chi connectivity index (χ4v) is 3.60. The molecular weight excluding hydrogens is 376 g/mol. The molecule has 1 unspecified atom stereocenters. The van der Waals surface area contributed by atoms with Crippen molar-refractivity contribution in [1.29, 1.82) is 0 Å². The van der Waals surface area contributed by atoms with E-state index in [1.165, 1.54) is 11.3 Å². The number of carbonyl (C=O) groups excluding carboxylic acids is 1. The summed E-state index contributed by atoms with van der Waals surface area (Å²) in [6.45, 7) is 0. The monoisotopic (exact) mass is 392 g/mol. The van der Waals surface area contributed by atoms with Crippen molar-refractivity contribution in [2.24, 2.45) is 0 Å². The third-order valence-electron chi connectivity index (χ3n) is 4.39. The van der Waals surface area contributed by atoms with Crippen LogP contribution in [0.5, 0.6) is 0 Å². The summed E-state index contributed by atoms with van der Waals surface area (Å²) < 4.78 is 0.984. The van der Waals surface area contributed by atoms with Crippen LogP contribution in [-0.4, -0.2) is 20.4 Å². The van der Waals surface area contributed by atoms with Gasteiger partial charge in [0.25, 0.3) is 5.56 Å². The van der Waals surface area contributed by atoms with Crippen LogP contribution >= 0.6 is 11.3 Å². The molecule has 2 heterocycles. The van der Waals surface area contributed by atoms with E-state index in [2.05, 4.69) is 15.3 Å². The van der Waals surface area contributed by atoms with Crippen LogP contribution in [0.25, 0.3) is 10.9 Å². The topological polar surface area (TPSA) is 96.8 Å². The highest BCUT2D eigenvalue weighted by atomic mass is 32.1. The van der Waals surface area contributed by atoms with Gasteiger partial charge in [-0.05, 0) is 17.7 Å². The maximum Gasteiger partial charge on any atom is 0.329 e. The van der Waals surface area contributed by atoms with Gasteiger partial charge in [0, 0.05) is 18.0 Å². The Morgan fingerprint density at radius 2 is 1.86 bits per heavy atom. The fraction of sp³-hybridized carbons (Fsp3) is 0.100. The van der Waals surface area contributed by atoms with E-state index in [9.17, 15) is 14.4 Å². The number of aromatic nitrogens is 3. The van der Waals surface area contributed by atoms with E-state index in [-0.39, 0.29) is 6.42 Å². The maximum absolute atomic E-state index is 13.0. The summed E-state index contributed by atoms with van der Waals surface area (Å²) >= 11 is 1.26. The minimum absolute atomic E-state index is 0.194.